The first kappa shape index (κ1) is 16.5. The topological polar surface area (TPSA) is 72.2 Å². The molecule has 0 radical (unpaired) electrons. The maximum atomic E-state index is 12.5. The molecule has 1 unspecified atom stereocenters. The average molecular weight is 310 g/mol. The summed E-state index contributed by atoms with van der Waals surface area (Å²) in [7, 11) is -3.45. The fourth-order valence-corrected chi connectivity index (χ4v) is 4.19. The van der Waals surface area contributed by atoms with Crippen molar-refractivity contribution < 1.29 is 8.42 Å². The van der Waals surface area contributed by atoms with E-state index in [1.54, 1.807) is 18.2 Å². The van der Waals surface area contributed by atoms with Crippen LogP contribution in [0.3, 0.4) is 0 Å². The monoisotopic (exact) mass is 310 g/mol. The second-order valence-electron chi connectivity index (χ2n) is 6.02. The highest BCUT2D eigenvalue weighted by atomic mass is 32.2. The predicted octanol–water partition coefficient (Wildman–Crippen LogP) is 3.10. The number of benzene rings is 1. The van der Waals surface area contributed by atoms with Gasteiger partial charge in [-0.2, -0.15) is 0 Å². The molecule has 3 N–H and O–H groups in total. The third-order valence-corrected chi connectivity index (χ3v) is 5.64. The fourth-order valence-electron chi connectivity index (χ4n) is 2.83. The van der Waals surface area contributed by atoms with Crippen molar-refractivity contribution in [3.05, 3.63) is 29.8 Å². The maximum absolute atomic E-state index is 12.5. The number of rotatable bonds is 4. The molecule has 0 heterocycles. The quantitative estimate of drug-likeness (QED) is 0.897. The second-order valence-corrected chi connectivity index (χ2v) is 7.74. The molecule has 5 heteroatoms. The smallest absolute Gasteiger partial charge is 0.240 e. The van der Waals surface area contributed by atoms with Crippen LogP contribution >= 0.6 is 0 Å². The van der Waals surface area contributed by atoms with Gasteiger partial charge < -0.3 is 5.73 Å². The highest BCUT2D eigenvalue weighted by Crippen LogP contribution is 2.20. The number of nitrogens with one attached hydrogen (secondary N) is 1. The van der Waals surface area contributed by atoms with Gasteiger partial charge >= 0.3 is 0 Å². The Morgan fingerprint density at radius 1 is 1.14 bits per heavy atom. The molecule has 1 saturated carbocycles. The van der Waals surface area contributed by atoms with E-state index >= 15 is 0 Å². The van der Waals surface area contributed by atoms with E-state index in [1.807, 2.05) is 13.0 Å². The molecule has 0 saturated heterocycles. The highest BCUT2D eigenvalue weighted by Gasteiger charge is 2.21. The van der Waals surface area contributed by atoms with Crippen molar-refractivity contribution in [1.29, 1.82) is 0 Å². The largest absolute Gasteiger partial charge is 0.324 e. The van der Waals surface area contributed by atoms with Crippen molar-refractivity contribution in [2.45, 2.75) is 68.8 Å². The summed E-state index contributed by atoms with van der Waals surface area (Å²) in [5, 5.41) is 0. The molecule has 1 atom stereocenters. The molecule has 0 amide bonds. The molecule has 1 aliphatic rings. The van der Waals surface area contributed by atoms with Crippen molar-refractivity contribution in [2.24, 2.45) is 5.73 Å². The van der Waals surface area contributed by atoms with Crippen LogP contribution in [-0.2, 0) is 10.0 Å². The highest BCUT2D eigenvalue weighted by molar-refractivity contribution is 7.89. The summed E-state index contributed by atoms with van der Waals surface area (Å²) >= 11 is 0. The van der Waals surface area contributed by atoms with Gasteiger partial charge in [0.2, 0.25) is 10.0 Å². The van der Waals surface area contributed by atoms with E-state index in [1.165, 1.54) is 19.3 Å². The van der Waals surface area contributed by atoms with E-state index in [0.717, 1.165) is 31.2 Å². The van der Waals surface area contributed by atoms with Gasteiger partial charge in [0.15, 0.2) is 0 Å². The summed E-state index contributed by atoms with van der Waals surface area (Å²) in [6, 6.07) is 6.83. The Morgan fingerprint density at radius 2 is 1.76 bits per heavy atom. The minimum Gasteiger partial charge on any atom is -0.324 e. The summed E-state index contributed by atoms with van der Waals surface area (Å²) < 4.78 is 27.9. The van der Waals surface area contributed by atoms with Crippen LogP contribution in [-0.4, -0.2) is 14.5 Å². The van der Waals surface area contributed by atoms with Crippen LogP contribution in [0, 0.1) is 0 Å². The van der Waals surface area contributed by atoms with Gasteiger partial charge in [0.25, 0.3) is 0 Å². The Kier molecular flexibility index (Phi) is 5.79. The number of hydrogen-bond acceptors (Lipinski definition) is 3. The van der Waals surface area contributed by atoms with Crippen LogP contribution in [0.2, 0.25) is 0 Å². The standard InChI is InChI=1S/C16H26N2O2S/c1-13(17)14-8-7-11-16(12-14)21(19,20)18-15-9-5-3-2-4-6-10-15/h7-8,11-13,15,18H,2-6,9-10,17H2,1H3. The lowest BCUT2D eigenvalue weighted by molar-refractivity contribution is 0.426. The van der Waals surface area contributed by atoms with Gasteiger partial charge in [-0.25, -0.2) is 13.1 Å². The molecule has 0 aliphatic heterocycles. The molecule has 0 bridgehead atoms. The van der Waals surface area contributed by atoms with Gasteiger partial charge in [0.05, 0.1) is 4.90 Å². The summed E-state index contributed by atoms with van der Waals surface area (Å²) in [4.78, 5) is 0.319. The molecule has 1 fully saturated rings. The van der Waals surface area contributed by atoms with Crippen molar-refractivity contribution in [2.75, 3.05) is 0 Å². The van der Waals surface area contributed by atoms with E-state index in [4.69, 9.17) is 5.73 Å². The minimum atomic E-state index is -3.45. The first-order valence-corrected chi connectivity index (χ1v) is 9.35. The zero-order chi connectivity index (χ0) is 15.3. The molecule has 1 aliphatic carbocycles. The third-order valence-electron chi connectivity index (χ3n) is 4.12. The van der Waals surface area contributed by atoms with E-state index < -0.39 is 10.0 Å². The van der Waals surface area contributed by atoms with Gasteiger partial charge in [-0.3, -0.25) is 0 Å². The Morgan fingerprint density at radius 3 is 2.38 bits per heavy atom. The molecular weight excluding hydrogens is 284 g/mol. The molecule has 1 aromatic carbocycles. The van der Waals surface area contributed by atoms with Crippen molar-refractivity contribution >= 4 is 10.0 Å². The lowest BCUT2D eigenvalue weighted by Crippen LogP contribution is -2.35. The zero-order valence-electron chi connectivity index (χ0n) is 12.7. The van der Waals surface area contributed by atoms with Gasteiger partial charge in [-0.05, 0) is 37.5 Å². The predicted molar refractivity (Wildman–Crippen MR) is 85.5 cm³/mol. The number of nitrogens with two attached hydrogens (primary N) is 1. The molecule has 21 heavy (non-hydrogen) atoms. The maximum Gasteiger partial charge on any atom is 0.240 e. The molecule has 0 aromatic heterocycles. The number of sulfonamides is 1. The van der Waals surface area contributed by atoms with Crippen LogP contribution in [0.5, 0.6) is 0 Å². The van der Waals surface area contributed by atoms with Crippen molar-refractivity contribution in [1.82, 2.24) is 4.72 Å². The third kappa shape index (κ3) is 4.80. The normalized spacial score (nSPS) is 19.7. The van der Waals surface area contributed by atoms with Crippen LogP contribution in [0.25, 0.3) is 0 Å². The summed E-state index contributed by atoms with van der Waals surface area (Å²) in [6.45, 7) is 1.86. The Hall–Kier alpha value is -0.910. The van der Waals surface area contributed by atoms with Crippen LogP contribution in [0.1, 0.15) is 63.5 Å². The summed E-state index contributed by atoms with van der Waals surface area (Å²) in [5.41, 5.74) is 6.68. The minimum absolute atomic E-state index is 0.0641. The molecule has 118 valence electrons. The van der Waals surface area contributed by atoms with E-state index in [0.29, 0.717) is 4.90 Å². The zero-order valence-corrected chi connectivity index (χ0v) is 13.5. The summed E-state index contributed by atoms with van der Waals surface area (Å²) in [6.07, 6.45) is 7.77. The molecule has 1 aromatic rings. The van der Waals surface area contributed by atoms with Crippen molar-refractivity contribution in [3.63, 3.8) is 0 Å². The van der Waals surface area contributed by atoms with Crippen molar-refractivity contribution in [3.8, 4) is 0 Å². The molecule has 0 spiro atoms. The van der Waals surface area contributed by atoms with E-state index in [9.17, 15) is 8.42 Å². The van der Waals surface area contributed by atoms with Gasteiger partial charge in [0, 0.05) is 12.1 Å². The van der Waals surface area contributed by atoms with E-state index in [2.05, 4.69) is 4.72 Å². The van der Waals surface area contributed by atoms with E-state index in [-0.39, 0.29) is 12.1 Å². The van der Waals surface area contributed by atoms with Gasteiger partial charge in [-0.1, -0.05) is 44.2 Å². The Bertz CT molecular complexity index is 547. The Balaban J connectivity index is 2.11. The van der Waals surface area contributed by atoms with Crippen LogP contribution in [0.4, 0.5) is 0 Å². The second kappa shape index (κ2) is 7.38. The first-order chi connectivity index (χ1) is 9.99. The van der Waals surface area contributed by atoms with Gasteiger partial charge in [-0.15, -0.1) is 0 Å². The Labute approximate surface area is 128 Å². The fraction of sp³-hybridized carbons (Fsp3) is 0.625. The lowest BCUT2D eigenvalue weighted by Gasteiger charge is -2.21. The van der Waals surface area contributed by atoms with Gasteiger partial charge in [0.1, 0.15) is 0 Å². The molecule has 4 nitrogen and oxygen atoms in total. The lowest BCUT2D eigenvalue weighted by atomic mass is 9.97. The molecular formula is C16H26N2O2S. The first-order valence-electron chi connectivity index (χ1n) is 7.87. The van der Waals surface area contributed by atoms with Crippen LogP contribution in [0.15, 0.2) is 29.2 Å². The average Bonchev–Trinajstić information content (AvgIpc) is 2.42. The summed E-state index contributed by atoms with van der Waals surface area (Å²) in [5.74, 6) is 0. The van der Waals surface area contributed by atoms with Crippen LogP contribution < -0.4 is 10.5 Å². The molecule has 2 rings (SSSR count). The number of hydrogen-bond donors (Lipinski definition) is 2. The SMILES string of the molecule is CC(N)c1cccc(S(=O)(=O)NC2CCCCCCC2)c1.